The van der Waals surface area contributed by atoms with Crippen LogP contribution in [0.3, 0.4) is 0 Å². The van der Waals surface area contributed by atoms with Crippen molar-refractivity contribution < 1.29 is 4.79 Å². The molecule has 74 valence electrons. The lowest BCUT2D eigenvalue weighted by Crippen LogP contribution is -2.14. The van der Waals surface area contributed by atoms with E-state index < -0.39 is 0 Å². The molecule has 1 N–H and O–H groups in total. The van der Waals surface area contributed by atoms with Crippen LogP contribution >= 0.6 is 22.6 Å². The Kier molecular flexibility index (Phi) is 2.76. The third-order valence-electron chi connectivity index (χ3n) is 2.54. The van der Waals surface area contributed by atoms with Gasteiger partial charge in [0.05, 0.1) is 0 Å². The van der Waals surface area contributed by atoms with E-state index in [0.717, 1.165) is 15.7 Å². The molecule has 2 rings (SSSR count). The second kappa shape index (κ2) is 3.88. The standard InChI is InChI=1S/C11H12INO/c1-7-5-10(7)11(14)13-9-4-2-3-8(12)6-9/h2-4,6-7,10H,5H2,1H3,(H,13,14). The van der Waals surface area contributed by atoms with Crippen LogP contribution in [0.25, 0.3) is 0 Å². The molecule has 1 saturated carbocycles. The lowest BCUT2D eigenvalue weighted by molar-refractivity contribution is -0.117. The smallest absolute Gasteiger partial charge is 0.227 e. The molecule has 14 heavy (non-hydrogen) atoms. The van der Waals surface area contributed by atoms with Gasteiger partial charge in [0, 0.05) is 15.2 Å². The molecular weight excluding hydrogens is 289 g/mol. The molecular formula is C11H12INO. The summed E-state index contributed by atoms with van der Waals surface area (Å²) < 4.78 is 1.14. The van der Waals surface area contributed by atoms with Gasteiger partial charge in [-0.1, -0.05) is 13.0 Å². The molecule has 0 radical (unpaired) electrons. The van der Waals surface area contributed by atoms with Gasteiger partial charge in [-0.3, -0.25) is 4.79 Å². The van der Waals surface area contributed by atoms with E-state index in [9.17, 15) is 4.79 Å². The maximum absolute atomic E-state index is 11.6. The van der Waals surface area contributed by atoms with Crippen LogP contribution < -0.4 is 5.32 Å². The lowest BCUT2D eigenvalue weighted by Gasteiger charge is -2.04. The van der Waals surface area contributed by atoms with Gasteiger partial charge >= 0.3 is 0 Å². The van der Waals surface area contributed by atoms with Gasteiger partial charge in [-0.2, -0.15) is 0 Å². The first-order valence-electron chi connectivity index (χ1n) is 4.73. The zero-order chi connectivity index (χ0) is 10.1. The summed E-state index contributed by atoms with van der Waals surface area (Å²) in [6.07, 6.45) is 1.04. The normalized spacial score (nSPS) is 24.4. The molecule has 1 aliphatic rings. The Hall–Kier alpha value is -0.580. The predicted molar refractivity (Wildman–Crippen MR) is 65.1 cm³/mol. The molecule has 1 fully saturated rings. The number of carbonyl (C=O) groups is 1. The fourth-order valence-electron chi connectivity index (χ4n) is 1.49. The van der Waals surface area contributed by atoms with Gasteiger partial charge in [-0.05, 0) is 53.1 Å². The van der Waals surface area contributed by atoms with Crippen LogP contribution in [0.1, 0.15) is 13.3 Å². The van der Waals surface area contributed by atoms with Gasteiger partial charge in [0.25, 0.3) is 0 Å². The minimum atomic E-state index is 0.166. The Bertz CT molecular complexity index is 364. The van der Waals surface area contributed by atoms with Gasteiger partial charge in [0.2, 0.25) is 5.91 Å². The van der Waals surface area contributed by atoms with Crippen molar-refractivity contribution in [1.82, 2.24) is 0 Å². The van der Waals surface area contributed by atoms with Crippen molar-refractivity contribution in [2.75, 3.05) is 5.32 Å². The average Bonchev–Trinajstić information content (AvgIpc) is 2.82. The molecule has 2 unspecified atom stereocenters. The van der Waals surface area contributed by atoms with E-state index in [2.05, 4.69) is 34.8 Å². The summed E-state index contributed by atoms with van der Waals surface area (Å²) >= 11 is 2.24. The summed E-state index contributed by atoms with van der Waals surface area (Å²) in [5.41, 5.74) is 0.904. The first-order chi connectivity index (χ1) is 6.66. The highest BCUT2D eigenvalue weighted by molar-refractivity contribution is 14.1. The maximum Gasteiger partial charge on any atom is 0.227 e. The largest absolute Gasteiger partial charge is 0.326 e. The van der Waals surface area contributed by atoms with Gasteiger partial charge in [0.15, 0.2) is 0 Å². The first kappa shape index (κ1) is 9.96. The molecule has 1 aromatic carbocycles. The third-order valence-corrected chi connectivity index (χ3v) is 3.21. The second-order valence-electron chi connectivity index (χ2n) is 3.82. The number of rotatable bonds is 2. The molecule has 0 aromatic heterocycles. The van der Waals surface area contributed by atoms with Crippen LogP contribution in [0.5, 0.6) is 0 Å². The van der Waals surface area contributed by atoms with Crippen molar-refractivity contribution in [2.24, 2.45) is 11.8 Å². The van der Waals surface area contributed by atoms with Crippen LogP contribution in [-0.2, 0) is 4.79 Å². The Morgan fingerprint density at radius 2 is 2.29 bits per heavy atom. The van der Waals surface area contributed by atoms with Crippen molar-refractivity contribution in [3.8, 4) is 0 Å². The van der Waals surface area contributed by atoms with Crippen molar-refractivity contribution >= 4 is 34.2 Å². The quantitative estimate of drug-likeness (QED) is 0.836. The number of nitrogens with one attached hydrogen (secondary N) is 1. The predicted octanol–water partition coefficient (Wildman–Crippen LogP) is 2.89. The number of amides is 1. The molecule has 0 spiro atoms. The highest BCUT2D eigenvalue weighted by atomic mass is 127. The minimum absolute atomic E-state index is 0.166. The maximum atomic E-state index is 11.6. The Morgan fingerprint density at radius 1 is 1.57 bits per heavy atom. The topological polar surface area (TPSA) is 29.1 Å². The van der Waals surface area contributed by atoms with E-state index in [-0.39, 0.29) is 11.8 Å². The van der Waals surface area contributed by atoms with Gasteiger partial charge in [0.1, 0.15) is 0 Å². The van der Waals surface area contributed by atoms with Crippen LogP contribution in [0.4, 0.5) is 5.69 Å². The van der Waals surface area contributed by atoms with E-state index in [1.807, 2.05) is 24.3 Å². The number of benzene rings is 1. The summed E-state index contributed by atoms with van der Waals surface area (Å²) in [5, 5.41) is 2.93. The van der Waals surface area contributed by atoms with Gasteiger partial charge in [-0.25, -0.2) is 0 Å². The van der Waals surface area contributed by atoms with E-state index >= 15 is 0 Å². The molecule has 0 bridgehead atoms. The monoisotopic (exact) mass is 301 g/mol. The molecule has 1 amide bonds. The number of carbonyl (C=O) groups excluding carboxylic acids is 1. The molecule has 1 aromatic rings. The number of anilines is 1. The summed E-state index contributed by atoms with van der Waals surface area (Å²) in [7, 11) is 0. The van der Waals surface area contributed by atoms with E-state index in [1.165, 1.54) is 0 Å². The molecule has 2 nitrogen and oxygen atoms in total. The molecule has 0 saturated heterocycles. The van der Waals surface area contributed by atoms with Crippen molar-refractivity contribution in [3.63, 3.8) is 0 Å². The summed E-state index contributed by atoms with van der Waals surface area (Å²) in [5.74, 6) is 0.977. The van der Waals surface area contributed by atoms with Crippen LogP contribution in [-0.4, -0.2) is 5.91 Å². The van der Waals surface area contributed by atoms with Crippen LogP contribution in [0.2, 0.25) is 0 Å². The Labute approximate surface area is 97.2 Å². The van der Waals surface area contributed by atoms with Crippen molar-refractivity contribution in [2.45, 2.75) is 13.3 Å². The molecule has 1 aliphatic carbocycles. The van der Waals surface area contributed by atoms with Crippen molar-refractivity contribution in [1.29, 1.82) is 0 Å². The number of halogens is 1. The molecule has 0 heterocycles. The van der Waals surface area contributed by atoms with Crippen LogP contribution in [0, 0.1) is 15.4 Å². The fraction of sp³-hybridized carbons (Fsp3) is 0.364. The third kappa shape index (κ3) is 2.26. The summed E-state index contributed by atoms with van der Waals surface area (Å²) in [6, 6.07) is 7.86. The molecule has 3 heteroatoms. The van der Waals surface area contributed by atoms with E-state index in [0.29, 0.717) is 5.92 Å². The summed E-state index contributed by atoms with van der Waals surface area (Å²) in [4.78, 5) is 11.6. The summed E-state index contributed by atoms with van der Waals surface area (Å²) in [6.45, 7) is 2.11. The first-order valence-corrected chi connectivity index (χ1v) is 5.81. The minimum Gasteiger partial charge on any atom is -0.326 e. The number of hydrogen-bond acceptors (Lipinski definition) is 1. The Balaban J connectivity index is 2.00. The SMILES string of the molecule is CC1CC1C(=O)Nc1cccc(I)c1. The Morgan fingerprint density at radius 3 is 2.86 bits per heavy atom. The zero-order valence-electron chi connectivity index (χ0n) is 7.96. The molecule has 2 atom stereocenters. The molecule has 0 aliphatic heterocycles. The van der Waals surface area contributed by atoms with Gasteiger partial charge < -0.3 is 5.32 Å². The van der Waals surface area contributed by atoms with E-state index in [1.54, 1.807) is 0 Å². The number of hydrogen-bond donors (Lipinski definition) is 1. The fourth-order valence-corrected chi connectivity index (χ4v) is 2.03. The second-order valence-corrected chi connectivity index (χ2v) is 5.06. The highest BCUT2D eigenvalue weighted by Crippen LogP contribution is 2.38. The lowest BCUT2D eigenvalue weighted by atomic mass is 10.3. The van der Waals surface area contributed by atoms with Crippen molar-refractivity contribution in [3.05, 3.63) is 27.8 Å². The van der Waals surface area contributed by atoms with E-state index in [4.69, 9.17) is 0 Å². The average molecular weight is 301 g/mol. The van der Waals surface area contributed by atoms with Gasteiger partial charge in [-0.15, -0.1) is 0 Å². The zero-order valence-corrected chi connectivity index (χ0v) is 10.1. The van der Waals surface area contributed by atoms with Crippen LogP contribution in [0.15, 0.2) is 24.3 Å². The highest BCUT2D eigenvalue weighted by Gasteiger charge is 2.38.